The minimum absolute atomic E-state index is 0.00448. The van der Waals surface area contributed by atoms with Crippen LogP contribution in [0.25, 0.3) is 0 Å². The Balaban J connectivity index is 1.23. The van der Waals surface area contributed by atoms with Gasteiger partial charge >= 0.3 is 0 Å². The SMILES string of the molecule is CCc1ccc(CC2CC34CC2CCC3CC2CC3(C)C5(O)C(OC)C=C(O)C5C2C43C)cc1NCC(C)O. The third-order valence-electron chi connectivity index (χ3n) is 13.9. The fourth-order valence-corrected chi connectivity index (χ4v) is 12.4. The number of fused-ring (bicyclic) bond motifs is 3. The molecule has 0 aliphatic heterocycles. The van der Waals surface area contributed by atoms with Crippen LogP contribution >= 0.6 is 0 Å². The molecule has 5 heteroatoms. The molecule has 5 fully saturated rings. The maximum absolute atomic E-state index is 12.5. The van der Waals surface area contributed by atoms with Crippen molar-refractivity contribution in [2.45, 2.75) is 96.9 Å². The molecule has 5 saturated carbocycles. The van der Waals surface area contributed by atoms with Crippen LogP contribution in [0, 0.1) is 51.8 Å². The van der Waals surface area contributed by atoms with Crippen LogP contribution in [0.15, 0.2) is 30.0 Å². The van der Waals surface area contributed by atoms with E-state index in [2.05, 4.69) is 44.3 Å². The molecular weight excluding hydrogens is 486 g/mol. The van der Waals surface area contributed by atoms with Crippen LogP contribution in [0.1, 0.15) is 77.3 Å². The molecule has 6 aliphatic carbocycles. The number of aliphatic hydroxyl groups is 3. The van der Waals surface area contributed by atoms with Gasteiger partial charge in [0.2, 0.25) is 0 Å². The molecular formula is C34H49NO4. The Morgan fingerprint density at radius 1 is 1.13 bits per heavy atom. The van der Waals surface area contributed by atoms with Gasteiger partial charge in [0.1, 0.15) is 11.7 Å². The molecule has 39 heavy (non-hydrogen) atoms. The second kappa shape index (κ2) is 8.49. The van der Waals surface area contributed by atoms with Crippen LogP contribution in [0.4, 0.5) is 5.69 Å². The molecule has 1 spiro atoms. The highest BCUT2D eigenvalue weighted by Crippen LogP contribution is 2.88. The van der Waals surface area contributed by atoms with Crippen LogP contribution in [-0.2, 0) is 17.6 Å². The molecule has 12 atom stereocenters. The van der Waals surface area contributed by atoms with Crippen molar-refractivity contribution in [2.24, 2.45) is 51.8 Å². The maximum atomic E-state index is 12.5. The van der Waals surface area contributed by atoms with Crippen LogP contribution in [0.3, 0.4) is 0 Å². The van der Waals surface area contributed by atoms with Gasteiger partial charge in [0.05, 0.1) is 17.8 Å². The van der Waals surface area contributed by atoms with Crippen LogP contribution in [0.5, 0.6) is 0 Å². The molecule has 4 N–H and O–H groups in total. The summed E-state index contributed by atoms with van der Waals surface area (Å²) in [5.41, 5.74) is 2.82. The van der Waals surface area contributed by atoms with Crippen molar-refractivity contribution in [1.82, 2.24) is 0 Å². The number of aryl methyl sites for hydroxylation is 1. The van der Waals surface area contributed by atoms with Crippen molar-refractivity contribution in [3.63, 3.8) is 0 Å². The van der Waals surface area contributed by atoms with E-state index in [0.29, 0.717) is 30.1 Å². The third-order valence-corrected chi connectivity index (χ3v) is 13.9. The van der Waals surface area contributed by atoms with E-state index in [0.717, 1.165) is 31.1 Å². The molecule has 0 amide bonds. The summed E-state index contributed by atoms with van der Waals surface area (Å²) >= 11 is 0. The first kappa shape index (κ1) is 26.3. The average Bonchev–Trinajstić information content (AvgIpc) is 3.46. The quantitative estimate of drug-likeness (QED) is 0.350. The van der Waals surface area contributed by atoms with Gasteiger partial charge < -0.3 is 25.4 Å². The van der Waals surface area contributed by atoms with Gasteiger partial charge in [-0.2, -0.15) is 0 Å². The lowest BCUT2D eigenvalue weighted by molar-refractivity contribution is -0.187. The van der Waals surface area contributed by atoms with Crippen LogP contribution < -0.4 is 5.32 Å². The molecule has 1 aromatic carbocycles. The third kappa shape index (κ3) is 3.03. The maximum Gasteiger partial charge on any atom is 0.110 e. The van der Waals surface area contributed by atoms with E-state index in [-0.39, 0.29) is 28.3 Å². The molecule has 0 heterocycles. The average molecular weight is 536 g/mol. The first-order valence-electron chi connectivity index (χ1n) is 15.7. The smallest absolute Gasteiger partial charge is 0.110 e. The van der Waals surface area contributed by atoms with Crippen LogP contribution in [0.2, 0.25) is 0 Å². The van der Waals surface area contributed by atoms with Crippen molar-refractivity contribution in [3.05, 3.63) is 41.2 Å². The topological polar surface area (TPSA) is 82.0 Å². The summed E-state index contributed by atoms with van der Waals surface area (Å²) in [5, 5.41) is 37.1. The van der Waals surface area contributed by atoms with Gasteiger partial charge in [-0.05, 0) is 122 Å². The van der Waals surface area contributed by atoms with E-state index in [1.165, 1.54) is 48.9 Å². The number of hydrogen-bond donors (Lipinski definition) is 4. The summed E-state index contributed by atoms with van der Waals surface area (Å²) in [6, 6.07) is 6.96. The van der Waals surface area contributed by atoms with E-state index in [4.69, 9.17) is 4.74 Å². The Labute approximate surface area is 234 Å². The van der Waals surface area contributed by atoms with Crippen molar-refractivity contribution < 1.29 is 20.1 Å². The molecule has 0 saturated heterocycles. The van der Waals surface area contributed by atoms with Gasteiger partial charge in [0.15, 0.2) is 0 Å². The van der Waals surface area contributed by atoms with Gasteiger partial charge in [-0.1, -0.05) is 32.9 Å². The molecule has 214 valence electrons. The van der Waals surface area contributed by atoms with Crippen molar-refractivity contribution in [2.75, 3.05) is 19.0 Å². The summed E-state index contributed by atoms with van der Waals surface area (Å²) in [7, 11) is 1.69. The largest absolute Gasteiger partial charge is 0.512 e. The number of hydrogen-bond acceptors (Lipinski definition) is 5. The second-order valence-corrected chi connectivity index (χ2v) is 14.9. The first-order valence-corrected chi connectivity index (χ1v) is 15.7. The van der Waals surface area contributed by atoms with Gasteiger partial charge in [-0.15, -0.1) is 0 Å². The summed E-state index contributed by atoms with van der Waals surface area (Å²) < 4.78 is 5.88. The summed E-state index contributed by atoms with van der Waals surface area (Å²) in [4.78, 5) is 0. The number of anilines is 1. The molecule has 12 unspecified atom stereocenters. The monoisotopic (exact) mass is 535 g/mol. The minimum Gasteiger partial charge on any atom is -0.512 e. The lowest BCUT2D eigenvalue weighted by Gasteiger charge is -2.61. The molecule has 5 nitrogen and oxygen atoms in total. The number of rotatable bonds is 7. The standard InChI is InChI=1S/C34H49NO4/c1-6-21-8-7-20(12-26(21)35-18-19(2)36)11-23-17-33-16-22(23)9-10-25(33)13-24-15-31(3)32(33,4)29(24)30-27(37)14-28(39-5)34(30,31)38/h7-8,12,14,19,22-25,28-30,35-38H,6,9-11,13,15-18H2,1-5H3. The predicted molar refractivity (Wildman–Crippen MR) is 153 cm³/mol. The number of aliphatic hydroxyl groups excluding tert-OH is 2. The van der Waals surface area contributed by atoms with Crippen molar-refractivity contribution >= 4 is 5.69 Å². The van der Waals surface area contributed by atoms with Crippen molar-refractivity contribution in [3.8, 4) is 0 Å². The van der Waals surface area contributed by atoms with Gasteiger partial charge in [-0.3, -0.25) is 0 Å². The zero-order chi connectivity index (χ0) is 27.5. The number of methoxy groups -OCH3 is 1. The summed E-state index contributed by atoms with van der Waals surface area (Å²) in [6.45, 7) is 9.51. The van der Waals surface area contributed by atoms with E-state index in [9.17, 15) is 15.3 Å². The molecule has 0 radical (unpaired) electrons. The van der Waals surface area contributed by atoms with Crippen molar-refractivity contribution in [1.29, 1.82) is 0 Å². The fraction of sp³-hybridized carbons (Fsp3) is 0.765. The number of benzene rings is 1. The molecule has 6 aliphatic rings. The van der Waals surface area contributed by atoms with Gasteiger partial charge in [-0.25, -0.2) is 0 Å². The van der Waals surface area contributed by atoms with Gasteiger partial charge in [0, 0.05) is 24.8 Å². The summed E-state index contributed by atoms with van der Waals surface area (Å²) in [6.07, 6.45) is 10.6. The molecule has 1 aromatic rings. The Morgan fingerprint density at radius 2 is 1.92 bits per heavy atom. The first-order chi connectivity index (χ1) is 18.5. The predicted octanol–water partition coefficient (Wildman–Crippen LogP) is 5.89. The minimum atomic E-state index is -1.02. The Morgan fingerprint density at radius 3 is 2.64 bits per heavy atom. The lowest BCUT2D eigenvalue weighted by atomic mass is 9.43. The summed E-state index contributed by atoms with van der Waals surface area (Å²) in [5.74, 6) is 3.24. The normalized spacial score (nSPS) is 49.5. The van der Waals surface area contributed by atoms with E-state index in [1.807, 2.05) is 13.0 Å². The van der Waals surface area contributed by atoms with Gasteiger partial charge in [0.25, 0.3) is 0 Å². The molecule has 7 rings (SSSR count). The van der Waals surface area contributed by atoms with Crippen LogP contribution in [-0.4, -0.2) is 46.8 Å². The highest BCUT2D eigenvalue weighted by atomic mass is 16.5. The van der Waals surface area contributed by atoms with E-state index < -0.39 is 11.7 Å². The van der Waals surface area contributed by atoms with E-state index in [1.54, 1.807) is 7.11 Å². The fourth-order valence-electron chi connectivity index (χ4n) is 12.4. The zero-order valence-corrected chi connectivity index (χ0v) is 24.5. The zero-order valence-electron chi connectivity index (χ0n) is 24.5. The molecule has 6 bridgehead atoms. The number of ether oxygens (including phenoxy) is 1. The van der Waals surface area contributed by atoms with E-state index >= 15 is 0 Å². The Bertz CT molecular complexity index is 1200. The Kier molecular flexibility index (Phi) is 5.73. The second-order valence-electron chi connectivity index (χ2n) is 14.9. The Hall–Kier alpha value is -1.56. The highest BCUT2D eigenvalue weighted by Gasteiger charge is 2.87. The highest BCUT2D eigenvalue weighted by molar-refractivity contribution is 5.53. The number of nitrogens with one attached hydrogen (secondary N) is 1. The lowest BCUT2D eigenvalue weighted by Crippen LogP contribution is -2.60. The molecule has 0 aromatic heterocycles.